The molecule has 0 bridgehead atoms. The van der Waals surface area contributed by atoms with Crippen LogP contribution in [0.3, 0.4) is 0 Å². The van der Waals surface area contributed by atoms with E-state index in [0.717, 1.165) is 24.5 Å². The maximum Gasteiger partial charge on any atom is 0.387 e. The lowest BCUT2D eigenvalue weighted by molar-refractivity contribution is -0.0505. The van der Waals surface area contributed by atoms with Crippen molar-refractivity contribution in [3.05, 3.63) is 41.6 Å². The highest BCUT2D eigenvalue weighted by Gasteiger charge is 2.20. The van der Waals surface area contributed by atoms with Crippen LogP contribution in [-0.4, -0.2) is 44.5 Å². The van der Waals surface area contributed by atoms with Crippen LogP contribution < -0.4 is 29.7 Å². The van der Waals surface area contributed by atoms with Crippen LogP contribution in [0.5, 0.6) is 17.2 Å². The van der Waals surface area contributed by atoms with E-state index in [2.05, 4.69) is 44.1 Å². The molecule has 1 aliphatic heterocycles. The molecule has 2 aromatic rings. The van der Waals surface area contributed by atoms with E-state index in [0.29, 0.717) is 29.6 Å². The van der Waals surface area contributed by atoms with Gasteiger partial charge in [-0.15, -0.1) is 24.0 Å². The van der Waals surface area contributed by atoms with Crippen LogP contribution in [0.25, 0.3) is 0 Å². The molecule has 0 aliphatic carbocycles. The predicted molar refractivity (Wildman–Crippen MR) is 129 cm³/mol. The Kier molecular flexibility index (Phi) is 10.0. The maximum absolute atomic E-state index is 12.8. The number of guanidine groups is 1. The van der Waals surface area contributed by atoms with Crippen molar-refractivity contribution < 1.29 is 23.0 Å². The monoisotopic (exact) mass is 563 g/mol. The number of ether oxygens (including phenoxy) is 3. The molecule has 11 heteroatoms. The first-order valence-corrected chi connectivity index (χ1v) is 10.1. The summed E-state index contributed by atoms with van der Waals surface area (Å²) in [6.45, 7) is 3.80. The molecular formula is C21H28F2IN5O3. The summed E-state index contributed by atoms with van der Waals surface area (Å²) in [5.41, 5.74) is 1.49. The first-order chi connectivity index (χ1) is 15.0. The molecule has 2 heterocycles. The van der Waals surface area contributed by atoms with Gasteiger partial charge >= 0.3 is 6.61 Å². The van der Waals surface area contributed by atoms with E-state index in [4.69, 9.17) is 9.47 Å². The van der Waals surface area contributed by atoms with Crippen LogP contribution in [0.2, 0.25) is 0 Å². The molecule has 0 radical (unpaired) electrons. The summed E-state index contributed by atoms with van der Waals surface area (Å²) in [5, 5.41) is 6.28. The summed E-state index contributed by atoms with van der Waals surface area (Å²) in [4.78, 5) is 10.8. The number of fused-ring (bicyclic) bond motifs is 1. The molecule has 0 spiro atoms. The Morgan fingerprint density at radius 1 is 1.16 bits per heavy atom. The van der Waals surface area contributed by atoms with Gasteiger partial charge in [0.1, 0.15) is 11.6 Å². The molecule has 3 rings (SSSR count). The molecule has 176 valence electrons. The number of nitrogens with zero attached hydrogens (tertiary/aromatic N) is 3. The quantitative estimate of drug-likeness (QED) is 0.274. The van der Waals surface area contributed by atoms with E-state index in [-0.39, 0.29) is 43.1 Å². The third-order valence-electron chi connectivity index (χ3n) is 4.80. The lowest BCUT2D eigenvalue weighted by Gasteiger charge is -2.19. The molecule has 2 N–H and O–H groups in total. The SMILES string of the molecule is CCN(CC)c1ccc(CNC(=NC)NCc2cc3c(cc2OC(F)F)OCO3)cn1.I. The second kappa shape index (κ2) is 12.5. The summed E-state index contributed by atoms with van der Waals surface area (Å²) in [6, 6.07) is 7.02. The summed E-state index contributed by atoms with van der Waals surface area (Å²) >= 11 is 0. The molecule has 0 saturated heterocycles. The fraction of sp³-hybridized carbons (Fsp3) is 0.429. The second-order valence-corrected chi connectivity index (χ2v) is 6.67. The summed E-state index contributed by atoms with van der Waals surface area (Å²) < 4.78 is 40.8. The number of pyridine rings is 1. The van der Waals surface area contributed by atoms with Crippen LogP contribution in [0.1, 0.15) is 25.0 Å². The van der Waals surface area contributed by atoms with Crippen LogP contribution in [-0.2, 0) is 13.1 Å². The number of hydrogen-bond donors (Lipinski definition) is 2. The number of anilines is 1. The van der Waals surface area contributed by atoms with Crippen LogP contribution in [0.4, 0.5) is 14.6 Å². The van der Waals surface area contributed by atoms with Crippen molar-refractivity contribution in [1.82, 2.24) is 15.6 Å². The van der Waals surface area contributed by atoms with Gasteiger partial charge in [-0.3, -0.25) is 4.99 Å². The minimum atomic E-state index is -2.94. The largest absolute Gasteiger partial charge is 0.454 e. The fourth-order valence-electron chi connectivity index (χ4n) is 3.15. The standard InChI is InChI=1S/C21H27F2N5O3.HI/c1-4-28(5-2)19-7-6-14(10-25-19)11-26-21(24-3)27-12-15-8-17-18(30-13-29-17)9-16(15)31-20(22)23;/h6-10,20H,4-5,11-13H2,1-3H3,(H2,24,26,27);1H. The number of aromatic nitrogens is 1. The zero-order valence-electron chi connectivity index (χ0n) is 18.2. The van der Waals surface area contributed by atoms with E-state index >= 15 is 0 Å². The molecule has 0 unspecified atom stereocenters. The number of rotatable bonds is 9. The average molecular weight is 563 g/mol. The number of hydrogen-bond acceptors (Lipinski definition) is 6. The van der Waals surface area contributed by atoms with Gasteiger partial charge in [0, 0.05) is 51.1 Å². The Balaban J connectivity index is 0.00000363. The molecule has 0 atom stereocenters. The normalized spacial score (nSPS) is 12.4. The minimum Gasteiger partial charge on any atom is -0.454 e. The van der Waals surface area contributed by atoms with Gasteiger partial charge in [0.2, 0.25) is 6.79 Å². The van der Waals surface area contributed by atoms with Gasteiger partial charge in [0.05, 0.1) is 0 Å². The Morgan fingerprint density at radius 2 is 1.84 bits per heavy atom. The van der Waals surface area contributed by atoms with E-state index in [1.807, 2.05) is 18.3 Å². The van der Waals surface area contributed by atoms with Gasteiger partial charge < -0.3 is 29.7 Å². The van der Waals surface area contributed by atoms with Crippen molar-refractivity contribution in [2.24, 2.45) is 4.99 Å². The number of nitrogens with one attached hydrogen (secondary N) is 2. The second-order valence-electron chi connectivity index (χ2n) is 6.67. The van der Waals surface area contributed by atoms with Gasteiger partial charge in [-0.25, -0.2) is 4.98 Å². The molecule has 0 saturated carbocycles. The van der Waals surface area contributed by atoms with E-state index < -0.39 is 6.61 Å². The molecule has 0 fully saturated rings. The van der Waals surface area contributed by atoms with E-state index in [1.54, 1.807) is 13.1 Å². The first kappa shape index (κ1) is 25.7. The molecule has 1 aliphatic rings. The van der Waals surface area contributed by atoms with Crippen LogP contribution in [0, 0.1) is 0 Å². The molecule has 0 amide bonds. The van der Waals surface area contributed by atoms with Gasteiger partial charge in [-0.05, 0) is 31.5 Å². The van der Waals surface area contributed by atoms with Gasteiger partial charge in [-0.2, -0.15) is 8.78 Å². The molecule has 32 heavy (non-hydrogen) atoms. The Bertz CT molecular complexity index is 896. The molecule has 1 aromatic carbocycles. The number of benzene rings is 1. The van der Waals surface area contributed by atoms with Crippen molar-refractivity contribution in [2.45, 2.75) is 33.5 Å². The van der Waals surface area contributed by atoms with Crippen LogP contribution in [0.15, 0.2) is 35.5 Å². The van der Waals surface area contributed by atoms with E-state index in [1.165, 1.54) is 6.07 Å². The fourth-order valence-corrected chi connectivity index (χ4v) is 3.15. The lowest BCUT2D eigenvalue weighted by atomic mass is 10.1. The first-order valence-electron chi connectivity index (χ1n) is 10.1. The highest BCUT2D eigenvalue weighted by Crippen LogP contribution is 2.38. The van der Waals surface area contributed by atoms with Gasteiger partial charge in [0.15, 0.2) is 17.5 Å². The third-order valence-corrected chi connectivity index (χ3v) is 4.80. The summed E-state index contributed by atoms with van der Waals surface area (Å²) in [5.74, 6) is 2.33. The Labute approximate surface area is 203 Å². The Morgan fingerprint density at radius 3 is 2.44 bits per heavy atom. The highest BCUT2D eigenvalue weighted by atomic mass is 127. The Hall–Kier alpha value is -2.57. The van der Waals surface area contributed by atoms with Crippen molar-refractivity contribution >= 4 is 35.8 Å². The zero-order chi connectivity index (χ0) is 22.2. The van der Waals surface area contributed by atoms with Crippen molar-refractivity contribution in [1.29, 1.82) is 0 Å². The van der Waals surface area contributed by atoms with Crippen molar-refractivity contribution in [3.8, 4) is 17.2 Å². The molecular weight excluding hydrogens is 535 g/mol. The zero-order valence-corrected chi connectivity index (χ0v) is 20.6. The minimum absolute atomic E-state index is 0. The average Bonchev–Trinajstić information content (AvgIpc) is 3.22. The third kappa shape index (κ3) is 6.71. The summed E-state index contributed by atoms with van der Waals surface area (Å²) in [7, 11) is 1.63. The molecule has 1 aromatic heterocycles. The smallest absolute Gasteiger partial charge is 0.387 e. The highest BCUT2D eigenvalue weighted by molar-refractivity contribution is 14.0. The topological polar surface area (TPSA) is 80.2 Å². The molecule has 8 nitrogen and oxygen atoms in total. The predicted octanol–water partition coefficient (Wildman–Crippen LogP) is 3.74. The van der Waals surface area contributed by atoms with Crippen molar-refractivity contribution in [2.75, 3.05) is 31.8 Å². The summed E-state index contributed by atoms with van der Waals surface area (Å²) in [6.07, 6.45) is 1.82. The maximum atomic E-state index is 12.8. The van der Waals surface area contributed by atoms with Gasteiger partial charge in [-0.1, -0.05) is 6.07 Å². The lowest BCUT2D eigenvalue weighted by Crippen LogP contribution is -2.36. The van der Waals surface area contributed by atoms with Crippen LogP contribution >= 0.6 is 24.0 Å². The number of aliphatic imine (C=N–C) groups is 1. The van der Waals surface area contributed by atoms with Gasteiger partial charge in [0.25, 0.3) is 0 Å². The number of halogens is 3. The van der Waals surface area contributed by atoms with Crippen molar-refractivity contribution in [3.63, 3.8) is 0 Å². The van der Waals surface area contributed by atoms with E-state index in [9.17, 15) is 8.78 Å². The number of alkyl halides is 2.